The van der Waals surface area contributed by atoms with Gasteiger partial charge in [0.15, 0.2) is 5.82 Å². The zero-order chi connectivity index (χ0) is 10.8. The van der Waals surface area contributed by atoms with Gasteiger partial charge in [0, 0.05) is 23.6 Å². The van der Waals surface area contributed by atoms with Gasteiger partial charge in [-0.2, -0.15) is 5.10 Å². The van der Waals surface area contributed by atoms with Crippen molar-refractivity contribution in [3.63, 3.8) is 0 Å². The summed E-state index contributed by atoms with van der Waals surface area (Å²) in [6.07, 6.45) is 4.47. The minimum absolute atomic E-state index is 0.00761. The molecule has 1 saturated carbocycles. The molecule has 0 bridgehead atoms. The second-order valence-electron chi connectivity index (χ2n) is 4.31. The lowest BCUT2D eigenvalue weighted by atomic mass is 9.83. The Bertz CT molecular complexity index is 352. The molecular formula is C11H16N3O. The lowest BCUT2D eigenvalue weighted by Crippen LogP contribution is -2.17. The van der Waals surface area contributed by atoms with E-state index in [4.69, 9.17) is 0 Å². The van der Waals surface area contributed by atoms with Crippen molar-refractivity contribution >= 4 is 11.7 Å². The number of hydrogen-bond donors (Lipinski definition) is 2. The standard InChI is InChI=1S/C11H16N3O/c1-7(2)11(15)12-10-6-9(13-14-10)8-4-3-5-8/h3,6-8H,4-5H2,1-2H3,(H2,12,13,14,15). The first-order valence-electron chi connectivity index (χ1n) is 5.34. The molecule has 0 spiro atoms. The van der Waals surface area contributed by atoms with Crippen LogP contribution in [0.2, 0.25) is 0 Å². The van der Waals surface area contributed by atoms with Crippen LogP contribution in [0.25, 0.3) is 0 Å². The van der Waals surface area contributed by atoms with Crippen molar-refractivity contribution < 1.29 is 4.79 Å². The van der Waals surface area contributed by atoms with E-state index in [1.807, 2.05) is 19.9 Å². The molecule has 0 saturated heterocycles. The van der Waals surface area contributed by atoms with Crippen LogP contribution in [0.4, 0.5) is 5.82 Å². The Morgan fingerprint density at radius 1 is 1.60 bits per heavy atom. The Morgan fingerprint density at radius 3 is 2.87 bits per heavy atom. The first kappa shape index (κ1) is 10.2. The van der Waals surface area contributed by atoms with E-state index in [9.17, 15) is 4.79 Å². The monoisotopic (exact) mass is 206 g/mol. The molecule has 1 aliphatic carbocycles. The van der Waals surface area contributed by atoms with Gasteiger partial charge in [0.05, 0.1) is 0 Å². The van der Waals surface area contributed by atoms with E-state index in [0.717, 1.165) is 18.5 Å². The largest absolute Gasteiger partial charge is 0.309 e. The molecule has 1 aliphatic rings. The second kappa shape index (κ2) is 4.04. The van der Waals surface area contributed by atoms with Crippen molar-refractivity contribution in [3.8, 4) is 0 Å². The number of aromatic nitrogens is 2. The minimum atomic E-state index is -0.0119. The molecule has 4 nitrogen and oxygen atoms in total. The highest BCUT2D eigenvalue weighted by Gasteiger charge is 2.22. The van der Waals surface area contributed by atoms with Crippen LogP contribution in [0.15, 0.2) is 6.07 Å². The van der Waals surface area contributed by atoms with Gasteiger partial charge in [-0.05, 0) is 19.3 Å². The molecule has 1 radical (unpaired) electrons. The fraction of sp³-hybridized carbons (Fsp3) is 0.545. The number of aromatic amines is 1. The predicted octanol–water partition coefficient (Wildman–Crippen LogP) is 2.09. The Balaban J connectivity index is 1.97. The maximum Gasteiger partial charge on any atom is 0.228 e. The van der Waals surface area contributed by atoms with Crippen LogP contribution in [0.1, 0.15) is 38.3 Å². The van der Waals surface area contributed by atoms with E-state index in [2.05, 4.69) is 21.9 Å². The maximum absolute atomic E-state index is 11.4. The van der Waals surface area contributed by atoms with Crippen molar-refractivity contribution in [3.05, 3.63) is 18.2 Å². The number of hydrogen-bond acceptors (Lipinski definition) is 2. The second-order valence-corrected chi connectivity index (χ2v) is 4.31. The number of H-pyrrole nitrogens is 1. The molecule has 1 aromatic heterocycles. The quantitative estimate of drug-likeness (QED) is 0.795. The molecule has 0 unspecified atom stereocenters. The van der Waals surface area contributed by atoms with Gasteiger partial charge < -0.3 is 5.32 Å². The molecule has 15 heavy (non-hydrogen) atoms. The van der Waals surface area contributed by atoms with Crippen molar-refractivity contribution in [1.82, 2.24) is 10.2 Å². The lowest BCUT2D eigenvalue weighted by molar-refractivity contribution is -0.118. The SMILES string of the molecule is CC(C)C(=O)Nc1cc(C2C[CH]C2)[nH]n1. The molecule has 1 fully saturated rings. The van der Waals surface area contributed by atoms with Gasteiger partial charge in [0.2, 0.25) is 5.91 Å². The highest BCUT2D eigenvalue weighted by atomic mass is 16.1. The van der Waals surface area contributed by atoms with Crippen molar-refractivity contribution in [1.29, 1.82) is 0 Å². The van der Waals surface area contributed by atoms with Gasteiger partial charge in [0.1, 0.15) is 0 Å². The van der Waals surface area contributed by atoms with Crippen LogP contribution in [-0.2, 0) is 4.79 Å². The molecule has 1 aromatic rings. The first-order valence-corrected chi connectivity index (χ1v) is 5.34. The Labute approximate surface area is 89.5 Å². The first-order chi connectivity index (χ1) is 7.16. The minimum Gasteiger partial charge on any atom is -0.309 e. The number of rotatable bonds is 3. The lowest BCUT2D eigenvalue weighted by Gasteiger charge is -2.22. The van der Waals surface area contributed by atoms with E-state index in [1.54, 1.807) is 0 Å². The third-order valence-corrected chi connectivity index (χ3v) is 2.72. The fourth-order valence-corrected chi connectivity index (χ4v) is 1.47. The zero-order valence-electron chi connectivity index (χ0n) is 9.08. The summed E-state index contributed by atoms with van der Waals surface area (Å²) in [6, 6.07) is 1.93. The van der Waals surface area contributed by atoms with Crippen LogP contribution in [0.5, 0.6) is 0 Å². The van der Waals surface area contributed by atoms with Crippen LogP contribution in [-0.4, -0.2) is 16.1 Å². The van der Waals surface area contributed by atoms with Gasteiger partial charge in [0.25, 0.3) is 0 Å². The summed E-state index contributed by atoms with van der Waals surface area (Å²) in [4.78, 5) is 11.4. The Morgan fingerprint density at radius 2 is 2.33 bits per heavy atom. The molecule has 4 heteroatoms. The van der Waals surface area contributed by atoms with E-state index >= 15 is 0 Å². The molecule has 0 atom stereocenters. The molecular weight excluding hydrogens is 190 g/mol. The van der Waals surface area contributed by atoms with Gasteiger partial charge >= 0.3 is 0 Å². The fourth-order valence-electron chi connectivity index (χ4n) is 1.47. The van der Waals surface area contributed by atoms with Gasteiger partial charge in [-0.25, -0.2) is 0 Å². The number of carbonyl (C=O) groups is 1. The average Bonchev–Trinajstić information content (AvgIpc) is 2.49. The normalized spacial score (nSPS) is 16.5. The van der Waals surface area contributed by atoms with E-state index in [1.165, 1.54) is 0 Å². The topological polar surface area (TPSA) is 57.8 Å². The van der Waals surface area contributed by atoms with E-state index < -0.39 is 0 Å². The molecule has 1 amide bonds. The van der Waals surface area contributed by atoms with Gasteiger partial charge in [-0.3, -0.25) is 9.89 Å². The molecule has 1 heterocycles. The summed E-state index contributed by atoms with van der Waals surface area (Å²) in [5.41, 5.74) is 1.12. The molecule has 0 aromatic carbocycles. The summed E-state index contributed by atoms with van der Waals surface area (Å²) in [6.45, 7) is 3.73. The zero-order valence-corrected chi connectivity index (χ0v) is 9.08. The van der Waals surface area contributed by atoms with Crippen LogP contribution >= 0.6 is 0 Å². The summed E-state index contributed by atoms with van der Waals surface area (Å²) >= 11 is 0. The van der Waals surface area contributed by atoms with E-state index in [0.29, 0.717) is 11.7 Å². The van der Waals surface area contributed by atoms with Crippen LogP contribution < -0.4 is 5.32 Å². The van der Waals surface area contributed by atoms with E-state index in [-0.39, 0.29) is 11.8 Å². The number of nitrogens with one attached hydrogen (secondary N) is 2. The predicted molar refractivity (Wildman–Crippen MR) is 58.3 cm³/mol. The summed E-state index contributed by atoms with van der Waals surface area (Å²) in [7, 11) is 0. The number of anilines is 1. The molecule has 2 rings (SSSR count). The van der Waals surface area contributed by atoms with Crippen LogP contribution in [0.3, 0.4) is 0 Å². The van der Waals surface area contributed by atoms with Gasteiger partial charge in [-0.15, -0.1) is 0 Å². The highest BCUT2D eigenvalue weighted by Crippen LogP contribution is 2.34. The number of carbonyl (C=O) groups excluding carboxylic acids is 1. The van der Waals surface area contributed by atoms with Crippen molar-refractivity contribution in [2.75, 3.05) is 5.32 Å². The average molecular weight is 206 g/mol. The summed E-state index contributed by atoms with van der Waals surface area (Å²) in [5, 5.41) is 9.81. The third kappa shape index (κ3) is 2.19. The number of amides is 1. The Hall–Kier alpha value is -1.32. The molecule has 0 aliphatic heterocycles. The highest BCUT2D eigenvalue weighted by molar-refractivity contribution is 5.91. The van der Waals surface area contributed by atoms with Crippen molar-refractivity contribution in [2.24, 2.45) is 5.92 Å². The van der Waals surface area contributed by atoms with Gasteiger partial charge in [-0.1, -0.05) is 13.8 Å². The molecule has 81 valence electrons. The number of nitrogens with zero attached hydrogens (tertiary/aromatic N) is 1. The van der Waals surface area contributed by atoms with Crippen molar-refractivity contribution in [2.45, 2.75) is 32.6 Å². The van der Waals surface area contributed by atoms with Crippen LogP contribution in [0, 0.1) is 12.3 Å². The Kier molecular flexibility index (Phi) is 2.75. The smallest absolute Gasteiger partial charge is 0.228 e. The summed E-state index contributed by atoms with van der Waals surface area (Å²) < 4.78 is 0. The third-order valence-electron chi connectivity index (χ3n) is 2.72. The maximum atomic E-state index is 11.4. The summed E-state index contributed by atoms with van der Waals surface area (Å²) in [5.74, 6) is 1.20. The molecule has 2 N–H and O–H groups in total.